The van der Waals surface area contributed by atoms with Crippen molar-refractivity contribution in [1.82, 2.24) is 25.0 Å². The molecule has 1 aliphatic carbocycles. The van der Waals surface area contributed by atoms with Crippen LogP contribution < -0.4 is 4.90 Å². The Balaban J connectivity index is 1.76. The lowest BCUT2D eigenvalue weighted by Gasteiger charge is -2.35. The van der Waals surface area contributed by atoms with Crippen molar-refractivity contribution in [3.8, 4) is 5.82 Å². The van der Waals surface area contributed by atoms with Crippen LogP contribution >= 0.6 is 0 Å². The van der Waals surface area contributed by atoms with Crippen molar-refractivity contribution in [2.24, 2.45) is 0 Å². The Morgan fingerprint density at radius 1 is 1.32 bits per heavy atom. The lowest BCUT2D eigenvalue weighted by Crippen LogP contribution is -2.44. The summed E-state index contributed by atoms with van der Waals surface area (Å²) in [6, 6.07) is 4.05. The SMILES string of the molecule is C[C@@H]1COCCN1c1cc(C2(S(C)(=O)=O)CC2)c2ccn(-c3cn[nH]n3)c2n1. The predicted octanol–water partition coefficient (Wildman–Crippen LogP) is 1.40. The van der Waals surface area contributed by atoms with Crippen LogP contribution in [0.15, 0.2) is 24.5 Å². The molecule has 1 saturated heterocycles. The van der Waals surface area contributed by atoms with E-state index in [2.05, 4.69) is 27.2 Å². The fraction of sp³-hybridized carbons (Fsp3) is 0.500. The van der Waals surface area contributed by atoms with Crippen molar-refractivity contribution < 1.29 is 13.2 Å². The first kappa shape index (κ1) is 17.6. The molecule has 0 amide bonds. The van der Waals surface area contributed by atoms with Gasteiger partial charge in [0.25, 0.3) is 0 Å². The van der Waals surface area contributed by atoms with Gasteiger partial charge in [-0.05, 0) is 37.5 Å². The van der Waals surface area contributed by atoms with Crippen LogP contribution in [0.1, 0.15) is 25.3 Å². The van der Waals surface area contributed by atoms with E-state index in [1.54, 1.807) is 6.20 Å². The summed E-state index contributed by atoms with van der Waals surface area (Å²) in [5.41, 5.74) is 1.52. The topological polar surface area (TPSA) is 106 Å². The molecule has 0 aromatic carbocycles. The molecule has 10 heteroatoms. The number of pyridine rings is 1. The van der Waals surface area contributed by atoms with Crippen LogP contribution in [0.3, 0.4) is 0 Å². The maximum atomic E-state index is 12.7. The molecule has 0 unspecified atom stereocenters. The molecular formula is C18H22N6O3S. The summed E-state index contributed by atoms with van der Waals surface area (Å²) in [5.74, 6) is 1.39. The molecule has 0 spiro atoms. The zero-order valence-electron chi connectivity index (χ0n) is 15.8. The van der Waals surface area contributed by atoms with Gasteiger partial charge in [-0.2, -0.15) is 10.3 Å². The van der Waals surface area contributed by atoms with Gasteiger partial charge in [-0.3, -0.25) is 4.57 Å². The molecule has 4 heterocycles. The van der Waals surface area contributed by atoms with Gasteiger partial charge in [-0.15, -0.1) is 5.10 Å². The first-order chi connectivity index (χ1) is 13.4. The number of sulfone groups is 1. The molecule has 3 aromatic heterocycles. The van der Waals surface area contributed by atoms with Crippen LogP contribution in [0.25, 0.3) is 16.9 Å². The van der Waals surface area contributed by atoms with Crippen molar-refractivity contribution in [2.45, 2.75) is 30.6 Å². The van der Waals surface area contributed by atoms with Crippen LogP contribution in [-0.4, -0.2) is 65.4 Å². The number of nitrogens with zero attached hydrogens (tertiary/aromatic N) is 5. The Labute approximate surface area is 162 Å². The number of anilines is 1. The maximum Gasteiger partial charge on any atom is 0.180 e. The van der Waals surface area contributed by atoms with Gasteiger partial charge in [-0.25, -0.2) is 13.4 Å². The maximum absolute atomic E-state index is 12.7. The van der Waals surface area contributed by atoms with Crippen molar-refractivity contribution in [3.63, 3.8) is 0 Å². The van der Waals surface area contributed by atoms with Gasteiger partial charge in [0.1, 0.15) is 11.5 Å². The zero-order chi connectivity index (χ0) is 19.5. The molecule has 148 valence electrons. The third-order valence-corrected chi connectivity index (χ3v) is 7.91. The largest absolute Gasteiger partial charge is 0.377 e. The van der Waals surface area contributed by atoms with E-state index in [9.17, 15) is 8.42 Å². The van der Waals surface area contributed by atoms with E-state index in [1.807, 2.05) is 22.9 Å². The predicted molar refractivity (Wildman–Crippen MR) is 104 cm³/mol. The second-order valence-corrected chi connectivity index (χ2v) is 9.99. The third-order valence-electron chi connectivity index (χ3n) is 5.86. The summed E-state index contributed by atoms with van der Waals surface area (Å²) in [5, 5.41) is 11.5. The average molecular weight is 402 g/mol. The summed E-state index contributed by atoms with van der Waals surface area (Å²) < 4.78 is 31.9. The highest BCUT2D eigenvalue weighted by molar-refractivity contribution is 7.92. The number of hydrogen-bond acceptors (Lipinski definition) is 7. The van der Waals surface area contributed by atoms with Gasteiger partial charge in [0.05, 0.1) is 30.2 Å². The Morgan fingerprint density at radius 3 is 2.79 bits per heavy atom. The molecule has 3 aromatic rings. The molecule has 1 aliphatic heterocycles. The van der Waals surface area contributed by atoms with Gasteiger partial charge < -0.3 is 9.64 Å². The number of hydrogen-bond donors (Lipinski definition) is 1. The number of aromatic nitrogens is 5. The Kier molecular flexibility index (Phi) is 3.79. The monoisotopic (exact) mass is 402 g/mol. The van der Waals surface area contributed by atoms with Gasteiger partial charge in [0.2, 0.25) is 0 Å². The first-order valence-electron chi connectivity index (χ1n) is 9.33. The highest BCUT2D eigenvalue weighted by Gasteiger charge is 2.54. The van der Waals surface area contributed by atoms with Crippen molar-refractivity contribution in [2.75, 3.05) is 30.9 Å². The van der Waals surface area contributed by atoms with E-state index in [0.717, 1.165) is 23.3 Å². The minimum atomic E-state index is -3.26. The quantitative estimate of drug-likeness (QED) is 0.703. The normalized spacial score (nSPS) is 21.9. The number of morpholine rings is 1. The summed E-state index contributed by atoms with van der Waals surface area (Å²) in [7, 11) is -3.26. The second-order valence-electron chi connectivity index (χ2n) is 7.66. The van der Waals surface area contributed by atoms with Crippen LogP contribution in [0, 0.1) is 0 Å². The molecule has 2 fully saturated rings. The van der Waals surface area contributed by atoms with Gasteiger partial charge in [-0.1, -0.05) is 0 Å². The lowest BCUT2D eigenvalue weighted by molar-refractivity contribution is 0.0985. The van der Waals surface area contributed by atoms with Gasteiger partial charge in [0, 0.05) is 24.4 Å². The summed E-state index contributed by atoms with van der Waals surface area (Å²) in [6.45, 7) is 4.05. The lowest BCUT2D eigenvalue weighted by atomic mass is 10.1. The summed E-state index contributed by atoms with van der Waals surface area (Å²) in [4.78, 5) is 7.09. The molecule has 2 aliphatic rings. The van der Waals surface area contributed by atoms with Crippen molar-refractivity contribution in [1.29, 1.82) is 0 Å². The number of H-pyrrole nitrogens is 1. The van der Waals surface area contributed by atoms with E-state index in [1.165, 1.54) is 6.26 Å². The minimum absolute atomic E-state index is 0.162. The highest BCUT2D eigenvalue weighted by atomic mass is 32.2. The fourth-order valence-corrected chi connectivity index (χ4v) is 5.55. The Bertz CT molecular complexity index is 1130. The molecule has 28 heavy (non-hydrogen) atoms. The van der Waals surface area contributed by atoms with Crippen LogP contribution in [0.5, 0.6) is 0 Å². The summed E-state index contributed by atoms with van der Waals surface area (Å²) in [6.07, 6.45) is 6.09. The molecule has 5 rings (SSSR count). The average Bonchev–Trinajstić information content (AvgIpc) is 3.11. The smallest absolute Gasteiger partial charge is 0.180 e. The van der Waals surface area contributed by atoms with E-state index >= 15 is 0 Å². The van der Waals surface area contributed by atoms with E-state index in [4.69, 9.17) is 9.72 Å². The molecule has 0 radical (unpaired) electrons. The zero-order valence-corrected chi connectivity index (χ0v) is 16.6. The number of rotatable bonds is 4. The van der Waals surface area contributed by atoms with E-state index < -0.39 is 14.6 Å². The Hall–Kier alpha value is -2.46. The first-order valence-corrected chi connectivity index (χ1v) is 11.2. The highest BCUT2D eigenvalue weighted by Crippen LogP contribution is 2.54. The second kappa shape index (κ2) is 6.02. The number of ether oxygens (including phenoxy) is 1. The molecule has 1 saturated carbocycles. The third kappa shape index (κ3) is 2.55. The molecule has 1 N–H and O–H groups in total. The van der Waals surface area contributed by atoms with E-state index in [-0.39, 0.29) is 6.04 Å². The van der Waals surface area contributed by atoms with Crippen molar-refractivity contribution in [3.05, 3.63) is 30.1 Å². The van der Waals surface area contributed by atoms with Crippen LogP contribution in [0.2, 0.25) is 0 Å². The number of fused-ring (bicyclic) bond motifs is 1. The minimum Gasteiger partial charge on any atom is -0.377 e. The van der Waals surface area contributed by atoms with Gasteiger partial charge >= 0.3 is 0 Å². The standard InChI is InChI=1S/C18H22N6O3S/c1-12-11-27-8-7-23(12)15-9-14(18(4-5-18)28(2,25)26)13-3-6-24(17(13)20-15)16-10-19-22-21-16/h3,6,9-10,12H,4-5,7-8,11H2,1-2H3,(H,19,21,22)/t12-/m1/s1. The van der Waals surface area contributed by atoms with Crippen molar-refractivity contribution >= 4 is 26.7 Å². The van der Waals surface area contributed by atoms with E-state index in [0.29, 0.717) is 37.5 Å². The number of nitrogens with one attached hydrogen (secondary N) is 1. The molecule has 1 atom stereocenters. The molecular weight excluding hydrogens is 380 g/mol. The Morgan fingerprint density at radius 2 is 2.14 bits per heavy atom. The van der Waals surface area contributed by atoms with Crippen LogP contribution in [-0.2, 0) is 19.3 Å². The van der Waals surface area contributed by atoms with Gasteiger partial charge in [0.15, 0.2) is 15.7 Å². The fourth-order valence-electron chi connectivity index (χ4n) is 4.14. The summed E-state index contributed by atoms with van der Waals surface area (Å²) >= 11 is 0. The molecule has 9 nitrogen and oxygen atoms in total. The van der Waals surface area contributed by atoms with Crippen LogP contribution in [0.4, 0.5) is 5.82 Å². The molecule has 0 bridgehead atoms. The number of aromatic amines is 1.